The monoisotopic (exact) mass is 526 g/mol. The molecule has 39 heavy (non-hydrogen) atoms. The number of para-hydroxylation sites is 2. The van der Waals surface area contributed by atoms with Gasteiger partial charge >= 0.3 is 0 Å². The van der Waals surface area contributed by atoms with Crippen molar-refractivity contribution in [2.24, 2.45) is 0 Å². The molecule has 4 aromatic rings. The summed E-state index contributed by atoms with van der Waals surface area (Å²) in [5.74, 6) is 0.954. The number of benzene rings is 4. The van der Waals surface area contributed by atoms with E-state index in [0.29, 0.717) is 32.7 Å². The van der Waals surface area contributed by atoms with Gasteiger partial charge in [-0.3, -0.25) is 9.80 Å². The molecule has 0 aliphatic heterocycles. The molecule has 4 aromatic carbocycles. The van der Waals surface area contributed by atoms with E-state index in [2.05, 4.69) is 16.7 Å². The smallest absolute Gasteiger partial charge is 0.120 e. The van der Waals surface area contributed by atoms with Crippen molar-refractivity contribution in [3.05, 3.63) is 118 Å². The summed E-state index contributed by atoms with van der Waals surface area (Å²) in [4.78, 5) is 4.44. The zero-order valence-corrected chi connectivity index (χ0v) is 22.9. The van der Waals surface area contributed by atoms with Crippen LogP contribution in [0.15, 0.2) is 84.9 Å². The maximum absolute atomic E-state index is 10.6. The fraction of sp³-hybridized carbons (Fsp3) is 0.273. The molecule has 0 saturated heterocycles. The molecule has 0 heterocycles. The summed E-state index contributed by atoms with van der Waals surface area (Å²) in [6.07, 6.45) is 0. The number of rotatable bonds is 11. The van der Waals surface area contributed by atoms with Crippen molar-refractivity contribution < 1.29 is 20.4 Å². The van der Waals surface area contributed by atoms with Gasteiger partial charge in [0.2, 0.25) is 0 Å². The van der Waals surface area contributed by atoms with Crippen molar-refractivity contribution in [1.82, 2.24) is 9.80 Å². The number of hydrogen-bond acceptors (Lipinski definition) is 6. The zero-order chi connectivity index (χ0) is 27.9. The average molecular weight is 527 g/mol. The molecule has 0 saturated carbocycles. The van der Waals surface area contributed by atoms with Gasteiger partial charge in [-0.05, 0) is 45.0 Å². The van der Waals surface area contributed by atoms with E-state index in [-0.39, 0.29) is 29.0 Å². The minimum absolute atomic E-state index is 0.0117. The van der Waals surface area contributed by atoms with Crippen molar-refractivity contribution in [2.75, 3.05) is 6.54 Å². The zero-order valence-electron chi connectivity index (χ0n) is 22.9. The molecule has 4 rings (SSSR count). The second-order valence-electron chi connectivity index (χ2n) is 10.4. The standard InChI is InChI=1S/C33H38N2O4/c1-23-12-14-32(38)28(16-23)20-34(19-26-8-4-6-10-30(26)36)18-25(3)35(21-27-9-5-7-11-31(27)37)22-29-17-24(2)13-15-33(29)39/h4-17,25,36-39H,18-22H2,1-3H3. The number of phenolic OH excluding ortho intramolecular Hbond substituents is 4. The summed E-state index contributed by atoms with van der Waals surface area (Å²) < 4.78 is 0. The van der Waals surface area contributed by atoms with Gasteiger partial charge in [-0.2, -0.15) is 0 Å². The number of aryl methyl sites for hydroxylation is 2. The third-order valence-corrected chi connectivity index (χ3v) is 7.13. The maximum atomic E-state index is 10.6. The molecule has 1 unspecified atom stereocenters. The maximum Gasteiger partial charge on any atom is 0.120 e. The molecule has 0 amide bonds. The fourth-order valence-corrected chi connectivity index (χ4v) is 4.93. The molecule has 6 heteroatoms. The lowest BCUT2D eigenvalue weighted by molar-refractivity contribution is 0.124. The summed E-state index contributed by atoms with van der Waals surface area (Å²) in [7, 11) is 0. The predicted octanol–water partition coefficient (Wildman–Crippen LogP) is 6.22. The summed E-state index contributed by atoms with van der Waals surface area (Å²) in [6.45, 7) is 8.70. The van der Waals surface area contributed by atoms with Gasteiger partial charge < -0.3 is 20.4 Å². The summed E-state index contributed by atoms with van der Waals surface area (Å²) in [6, 6.07) is 25.8. The van der Waals surface area contributed by atoms with Crippen LogP contribution in [0.5, 0.6) is 23.0 Å². The first-order chi connectivity index (χ1) is 18.7. The van der Waals surface area contributed by atoms with Gasteiger partial charge in [-0.1, -0.05) is 71.8 Å². The predicted molar refractivity (Wildman–Crippen MR) is 155 cm³/mol. The van der Waals surface area contributed by atoms with E-state index >= 15 is 0 Å². The van der Waals surface area contributed by atoms with E-state index in [4.69, 9.17) is 0 Å². The lowest BCUT2D eigenvalue weighted by Crippen LogP contribution is -2.41. The third-order valence-electron chi connectivity index (χ3n) is 7.13. The Labute approximate surface area is 231 Å². The quantitative estimate of drug-likeness (QED) is 0.186. The molecule has 0 radical (unpaired) electrons. The molecule has 0 spiro atoms. The Kier molecular flexibility index (Phi) is 9.12. The largest absolute Gasteiger partial charge is 0.508 e. The minimum Gasteiger partial charge on any atom is -0.508 e. The lowest BCUT2D eigenvalue weighted by atomic mass is 10.1. The van der Waals surface area contributed by atoms with Crippen LogP contribution < -0.4 is 0 Å². The second kappa shape index (κ2) is 12.7. The molecule has 0 aliphatic carbocycles. The number of nitrogens with zero attached hydrogens (tertiary/aromatic N) is 2. The Hall–Kier alpha value is -4.00. The van der Waals surface area contributed by atoms with E-state index in [1.165, 1.54) is 0 Å². The number of hydrogen-bond donors (Lipinski definition) is 4. The molecule has 204 valence electrons. The molecule has 0 aliphatic rings. The second-order valence-corrected chi connectivity index (χ2v) is 10.4. The van der Waals surface area contributed by atoms with E-state index in [9.17, 15) is 20.4 Å². The summed E-state index contributed by atoms with van der Waals surface area (Å²) in [5, 5.41) is 42.2. The Morgan fingerprint density at radius 3 is 1.49 bits per heavy atom. The van der Waals surface area contributed by atoms with Crippen LogP contribution in [0.2, 0.25) is 0 Å². The van der Waals surface area contributed by atoms with E-state index in [0.717, 1.165) is 33.4 Å². The highest BCUT2D eigenvalue weighted by Crippen LogP contribution is 2.27. The fourth-order valence-electron chi connectivity index (χ4n) is 4.93. The highest BCUT2D eigenvalue weighted by atomic mass is 16.3. The third kappa shape index (κ3) is 7.53. The normalized spacial score (nSPS) is 12.2. The van der Waals surface area contributed by atoms with Gasteiger partial charge in [-0.25, -0.2) is 0 Å². The van der Waals surface area contributed by atoms with Crippen LogP contribution in [0.25, 0.3) is 0 Å². The highest BCUT2D eigenvalue weighted by molar-refractivity contribution is 5.38. The van der Waals surface area contributed by atoms with Gasteiger partial charge in [0, 0.05) is 61.0 Å². The molecular weight excluding hydrogens is 488 g/mol. The Morgan fingerprint density at radius 1 is 0.538 bits per heavy atom. The summed E-state index contributed by atoms with van der Waals surface area (Å²) in [5.41, 5.74) is 5.38. The van der Waals surface area contributed by atoms with Gasteiger partial charge in [0.1, 0.15) is 23.0 Å². The van der Waals surface area contributed by atoms with Gasteiger partial charge in [0.05, 0.1) is 0 Å². The van der Waals surface area contributed by atoms with E-state index < -0.39 is 0 Å². The van der Waals surface area contributed by atoms with Crippen LogP contribution in [-0.4, -0.2) is 42.8 Å². The minimum atomic E-state index is -0.0117. The first kappa shape index (κ1) is 28.0. The number of phenols is 4. The average Bonchev–Trinajstić information content (AvgIpc) is 2.90. The molecule has 1 atom stereocenters. The van der Waals surface area contributed by atoms with E-state index in [1.54, 1.807) is 36.4 Å². The molecule has 6 nitrogen and oxygen atoms in total. The Balaban J connectivity index is 1.64. The van der Waals surface area contributed by atoms with Crippen molar-refractivity contribution in [3.63, 3.8) is 0 Å². The number of aromatic hydroxyl groups is 4. The molecule has 0 fully saturated rings. The Morgan fingerprint density at radius 2 is 0.949 bits per heavy atom. The SMILES string of the molecule is Cc1ccc(O)c(CN(Cc2ccccc2O)CC(C)N(Cc2ccccc2O)Cc2cc(C)ccc2O)c1. The molecule has 0 aromatic heterocycles. The molecular formula is C33H38N2O4. The molecule has 4 N–H and O–H groups in total. The van der Waals surface area contributed by atoms with Crippen LogP contribution in [0.3, 0.4) is 0 Å². The van der Waals surface area contributed by atoms with Crippen LogP contribution in [0.4, 0.5) is 0 Å². The first-order valence-corrected chi connectivity index (χ1v) is 13.3. The lowest BCUT2D eigenvalue weighted by Gasteiger charge is -2.34. The highest BCUT2D eigenvalue weighted by Gasteiger charge is 2.22. The van der Waals surface area contributed by atoms with Gasteiger partial charge in [-0.15, -0.1) is 0 Å². The van der Waals surface area contributed by atoms with Crippen molar-refractivity contribution in [1.29, 1.82) is 0 Å². The van der Waals surface area contributed by atoms with Crippen molar-refractivity contribution in [2.45, 2.75) is 53.0 Å². The first-order valence-electron chi connectivity index (χ1n) is 13.3. The van der Waals surface area contributed by atoms with Crippen molar-refractivity contribution >= 4 is 0 Å². The van der Waals surface area contributed by atoms with Crippen molar-refractivity contribution in [3.8, 4) is 23.0 Å². The van der Waals surface area contributed by atoms with Gasteiger partial charge in [0.25, 0.3) is 0 Å². The van der Waals surface area contributed by atoms with Crippen LogP contribution in [0.1, 0.15) is 40.3 Å². The topological polar surface area (TPSA) is 87.4 Å². The van der Waals surface area contributed by atoms with E-state index in [1.807, 2.05) is 62.4 Å². The van der Waals surface area contributed by atoms with Crippen LogP contribution in [-0.2, 0) is 26.2 Å². The summed E-state index contributed by atoms with van der Waals surface area (Å²) >= 11 is 0. The van der Waals surface area contributed by atoms with Gasteiger partial charge in [0.15, 0.2) is 0 Å². The van der Waals surface area contributed by atoms with Crippen LogP contribution >= 0.6 is 0 Å². The Bertz CT molecular complexity index is 1400. The van der Waals surface area contributed by atoms with Crippen LogP contribution in [0, 0.1) is 13.8 Å². The molecule has 0 bridgehead atoms.